The molecule has 0 aromatic rings. The van der Waals surface area contributed by atoms with Crippen LogP contribution in [0.3, 0.4) is 0 Å². The summed E-state index contributed by atoms with van der Waals surface area (Å²) in [5.74, 6) is 0. The van der Waals surface area contributed by atoms with Crippen molar-refractivity contribution in [1.29, 1.82) is 0 Å². The number of ether oxygens (including phenoxy) is 2. The van der Waals surface area contributed by atoms with Gasteiger partial charge in [0.1, 0.15) is 11.3 Å². The predicted octanol–water partition coefficient (Wildman–Crippen LogP) is 2.21. The lowest BCUT2D eigenvalue weighted by Crippen LogP contribution is -2.54. The molecule has 0 unspecified atom stereocenters. The maximum atomic E-state index is 12.6. The van der Waals surface area contributed by atoms with Crippen LogP contribution in [-0.2, 0) is 9.47 Å². The number of urea groups is 1. The number of hydrogen-bond donors (Lipinski definition) is 2. The molecule has 23 heavy (non-hydrogen) atoms. The second-order valence-corrected chi connectivity index (χ2v) is 7.82. The van der Waals surface area contributed by atoms with Crippen LogP contribution in [0, 0.1) is 0 Å². The van der Waals surface area contributed by atoms with E-state index < -0.39 is 17.4 Å². The van der Waals surface area contributed by atoms with Crippen molar-refractivity contribution in [2.45, 2.75) is 83.9 Å². The number of hydrogen-bond acceptors (Lipinski definition) is 4. The first-order valence-corrected chi connectivity index (χ1v) is 8.24. The van der Waals surface area contributed by atoms with Gasteiger partial charge >= 0.3 is 12.1 Å². The van der Waals surface area contributed by atoms with Crippen molar-refractivity contribution < 1.29 is 19.1 Å². The van der Waals surface area contributed by atoms with Crippen LogP contribution >= 0.6 is 0 Å². The lowest BCUT2D eigenvalue weighted by Gasteiger charge is -2.35. The smallest absolute Gasteiger partial charge is 0.412 e. The largest absolute Gasteiger partial charge is 0.444 e. The minimum absolute atomic E-state index is 0.196. The molecule has 1 heterocycles. The highest BCUT2D eigenvalue weighted by molar-refractivity contribution is 5.75. The fourth-order valence-electron chi connectivity index (χ4n) is 2.78. The number of amides is 3. The molecule has 132 valence electrons. The zero-order valence-electron chi connectivity index (χ0n) is 14.9. The molecule has 2 aliphatic rings. The number of nitrogens with one attached hydrogen (secondary N) is 2. The SMILES string of the molecule is C[C@H]1OC(C)(C)N(C(=O)OC(C)(C)C)[C@@H]1CNC(=O)NC1CC1. The zero-order chi connectivity index (χ0) is 17.4. The summed E-state index contributed by atoms with van der Waals surface area (Å²) in [4.78, 5) is 26.0. The van der Waals surface area contributed by atoms with E-state index in [0.717, 1.165) is 12.8 Å². The van der Waals surface area contributed by atoms with Gasteiger partial charge in [-0.3, -0.25) is 4.90 Å². The molecule has 2 atom stereocenters. The Morgan fingerprint density at radius 3 is 2.43 bits per heavy atom. The Kier molecular flexibility index (Phi) is 4.80. The standard InChI is InChI=1S/C16H29N3O4/c1-10-12(9-17-13(20)18-11-7-8-11)19(16(5,6)22-10)14(21)23-15(2,3)4/h10-12H,7-9H2,1-6H3,(H2,17,18,20)/t10-,12-/m1/s1. The molecule has 1 saturated heterocycles. The molecule has 0 aromatic carbocycles. The molecule has 2 N–H and O–H groups in total. The first kappa shape index (κ1) is 17.8. The van der Waals surface area contributed by atoms with E-state index in [-0.39, 0.29) is 18.2 Å². The Hall–Kier alpha value is -1.50. The highest BCUT2D eigenvalue weighted by Gasteiger charge is 2.49. The van der Waals surface area contributed by atoms with Crippen LogP contribution in [0.15, 0.2) is 0 Å². The summed E-state index contributed by atoms with van der Waals surface area (Å²) in [7, 11) is 0. The van der Waals surface area contributed by atoms with E-state index in [1.165, 1.54) is 0 Å². The van der Waals surface area contributed by atoms with E-state index in [1.54, 1.807) is 4.90 Å². The van der Waals surface area contributed by atoms with Gasteiger partial charge in [-0.1, -0.05) is 0 Å². The Bertz CT molecular complexity index is 468. The van der Waals surface area contributed by atoms with Crippen LogP contribution in [-0.4, -0.2) is 53.1 Å². The average Bonchev–Trinajstić information content (AvgIpc) is 3.10. The second-order valence-electron chi connectivity index (χ2n) is 7.82. The maximum absolute atomic E-state index is 12.6. The summed E-state index contributed by atoms with van der Waals surface area (Å²) in [5.41, 5.74) is -1.36. The Balaban J connectivity index is 2.01. The highest BCUT2D eigenvalue weighted by Crippen LogP contribution is 2.33. The molecule has 0 aromatic heterocycles. The first-order valence-electron chi connectivity index (χ1n) is 8.24. The number of nitrogens with zero attached hydrogens (tertiary/aromatic N) is 1. The molecule has 2 fully saturated rings. The topological polar surface area (TPSA) is 79.9 Å². The minimum Gasteiger partial charge on any atom is -0.444 e. The molecule has 0 bridgehead atoms. The maximum Gasteiger partial charge on any atom is 0.412 e. The predicted molar refractivity (Wildman–Crippen MR) is 86.0 cm³/mol. The molecule has 0 radical (unpaired) electrons. The third kappa shape index (κ3) is 4.73. The van der Waals surface area contributed by atoms with Crippen LogP contribution in [0.4, 0.5) is 9.59 Å². The molecule has 1 aliphatic heterocycles. The average molecular weight is 327 g/mol. The molecule has 0 spiro atoms. The van der Waals surface area contributed by atoms with E-state index in [1.807, 2.05) is 41.5 Å². The number of rotatable bonds is 3. The first-order chi connectivity index (χ1) is 10.5. The lowest BCUT2D eigenvalue weighted by atomic mass is 10.1. The van der Waals surface area contributed by atoms with Gasteiger partial charge in [0.25, 0.3) is 0 Å². The Morgan fingerprint density at radius 2 is 1.91 bits per heavy atom. The summed E-state index contributed by atoms with van der Waals surface area (Å²) < 4.78 is 11.4. The van der Waals surface area contributed by atoms with Crippen molar-refractivity contribution in [2.75, 3.05) is 6.54 Å². The van der Waals surface area contributed by atoms with Gasteiger partial charge < -0.3 is 20.1 Å². The van der Waals surface area contributed by atoms with Crippen LogP contribution < -0.4 is 10.6 Å². The normalized spacial score (nSPS) is 26.8. The molecule has 7 nitrogen and oxygen atoms in total. The monoisotopic (exact) mass is 327 g/mol. The zero-order valence-corrected chi connectivity index (χ0v) is 14.9. The van der Waals surface area contributed by atoms with E-state index in [2.05, 4.69) is 10.6 Å². The van der Waals surface area contributed by atoms with Crippen LogP contribution in [0.2, 0.25) is 0 Å². The minimum atomic E-state index is -0.777. The van der Waals surface area contributed by atoms with Crippen molar-refractivity contribution in [2.24, 2.45) is 0 Å². The number of carbonyl (C=O) groups excluding carboxylic acids is 2. The Morgan fingerprint density at radius 1 is 1.30 bits per heavy atom. The van der Waals surface area contributed by atoms with Gasteiger partial charge in [0.15, 0.2) is 0 Å². The number of carbonyl (C=O) groups is 2. The van der Waals surface area contributed by atoms with Gasteiger partial charge in [-0.05, 0) is 54.4 Å². The molecule has 1 saturated carbocycles. The fraction of sp³-hybridized carbons (Fsp3) is 0.875. The van der Waals surface area contributed by atoms with E-state index >= 15 is 0 Å². The van der Waals surface area contributed by atoms with Gasteiger partial charge in [0.2, 0.25) is 0 Å². The highest BCUT2D eigenvalue weighted by atomic mass is 16.6. The van der Waals surface area contributed by atoms with Gasteiger partial charge in [-0.25, -0.2) is 9.59 Å². The van der Waals surface area contributed by atoms with E-state index in [0.29, 0.717) is 12.6 Å². The van der Waals surface area contributed by atoms with Gasteiger partial charge in [0, 0.05) is 12.6 Å². The summed E-state index contributed by atoms with van der Waals surface area (Å²) in [6, 6.07) is -0.177. The van der Waals surface area contributed by atoms with Crippen LogP contribution in [0.5, 0.6) is 0 Å². The molecule has 2 rings (SSSR count). The van der Waals surface area contributed by atoms with Gasteiger partial charge in [-0.2, -0.15) is 0 Å². The van der Waals surface area contributed by atoms with Crippen molar-refractivity contribution in [3.05, 3.63) is 0 Å². The summed E-state index contributed by atoms with van der Waals surface area (Å²) in [5, 5.41) is 5.70. The molecule has 3 amide bonds. The summed E-state index contributed by atoms with van der Waals surface area (Å²) in [6.07, 6.45) is 1.45. The van der Waals surface area contributed by atoms with Crippen molar-refractivity contribution in [3.8, 4) is 0 Å². The third-order valence-electron chi connectivity index (χ3n) is 3.90. The van der Waals surface area contributed by atoms with Crippen LogP contribution in [0.25, 0.3) is 0 Å². The van der Waals surface area contributed by atoms with Crippen LogP contribution in [0.1, 0.15) is 54.4 Å². The Labute approximate surface area is 138 Å². The van der Waals surface area contributed by atoms with Crippen molar-refractivity contribution in [1.82, 2.24) is 15.5 Å². The second kappa shape index (κ2) is 6.19. The molecule has 1 aliphatic carbocycles. The van der Waals surface area contributed by atoms with Crippen molar-refractivity contribution in [3.63, 3.8) is 0 Å². The molecular weight excluding hydrogens is 298 g/mol. The summed E-state index contributed by atoms with van der Waals surface area (Å²) in [6.45, 7) is 11.4. The summed E-state index contributed by atoms with van der Waals surface area (Å²) >= 11 is 0. The fourth-order valence-corrected chi connectivity index (χ4v) is 2.78. The lowest BCUT2D eigenvalue weighted by molar-refractivity contribution is -0.0756. The van der Waals surface area contributed by atoms with E-state index in [4.69, 9.17) is 9.47 Å². The van der Waals surface area contributed by atoms with Gasteiger partial charge in [-0.15, -0.1) is 0 Å². The van der Waals surface area contributed by atoms with Gasteiger partial charge in [0.05, 0.1) is 12.1 Å². The molecular formula is C16H29N3O4. The third-order valence-corrected chi connectivity index (χ3v) is 3.90. The molecule has 7 heteroatoms. The van der Waals surface area contributed by atoms with Crippen molar-refractivity contribution >= 4 is 12.1 Å². The van der Waals surface area contributed by atoms with E-state index in [9.17, 15) is 9.59 Å². The quantitative estimate of drug-likeness (QED) is 0.833.